The number of rotatable bonds is 4. The molecule has 1 amide bonds. The Bertz CT molecular complexity index is 994. The first-order chi connectivity index (χ1) is 14.4. The third-order valence-corrected chi connectivity index (χ3v) is 5.10. The summed E-state index contributed by atoms with van der Waals surface area (Å²) in [5.41, 5.74) is -0.140. The lowest BCUT2D eigenvalue weighted by molar-refractivity contribution is -0.137. The van der Waals surface area contributed by atoms with Gasteiger partial charge in [0.15, 0.2) is 0 Å². The first-order valence-corrected chi connectivity index (χ1v) is 9.54. The lowest BCUT2D eigenvalue weighted by Crippen LogP contribution is -2.49. The highest BCUT2D eigenvalue weighted by molar-refractivity contribution is 5.79. The van der Waals surface area contributed by atoms with Gasteiger partial charge in [-0.25, -0.2) is 9.97 Å². The molecule has 1 aliphatic heterocycles. The van der Waals surface area contributed by atoms with E-state index in [1.807, 2.05) is 35.2 Å². The fourth-order valence-corrected chi connectivity index (χ4v) is 3.42. The van der Waals surface area contributed by atoms with Crippen molar-refractivity contribution in [2.45, 2.75) is 12.6 Å². The minimum atomic E-state index is -4.37. The van der Waals surface area contributed by atoms with Crippen LogP contribution in [0.4, 0.5) is 19.0 Å². The van der Waals surface area contributed by atoms with E-state index in [1.165, 1.54) is 18.5 Å². The molecule has 1 saturated heterocycles. The van der Waals surface area contributed by atoms with Gasteiger partial charge in [0.25, 0.3) is 0 Å². The fraction of sp³-hybridized carbons (Fsp3) is 0.286. The molecule has 0 radical (unpaired) electrons. The van der Waals surface area contributed by atoms with Crippen molar-refractivity contribution in [2.75, 3.05) is 31.1 Å². The molecule has 0 N–H and O–H groups in total. The highest BCUT2D eigenvalue weighted by atomic mass is 19.4. The summed E-state index contributed by atoms with van der Waals surface area (Å²) in [6.45, 7) is 2.31. The van der Waals surface area contributed by atoms with E-state index in [2.05, 4.69) is 14.9 Å². The Morgan fingerprint density at radius 3 is 2.20 bits per heavy atom. The van der Waals surface area contributed by atoms with Gasteiger partial charge in [0, 0.05) is 44.6 Å². The van der Waals surface area contributed by atoms with Gasteiger partial charge < -0.3 is 14.4 Å². The molecule has 0 aliphatic carbocycles. The van der Waals surface area contributed by atoms with Crippen molar-refractivity contribution >= 4 is 11.7 Å². The highest BCUT2D eigenvalue weighted by Gasteiger charge is 2.30. The normalized spacial score (nSPS) is 14.8. The van der Waals surface area contributed by atoms with Crippen LogP contribution in [0.5, 0.6) is 0 Å². The summed E-state index contributed by atoms with van der Waals surface area (Å²) >= 11 is 0. The molecule has 4 rings (SSSR count). The molecular formula is C21H20F3N5O. The molecule has 9 heteroatoms. The summed E-state index contributed by atoms with van der Waals surface area (Å²) < 4.78 is 39.9. The van der Waals surface area contributed by atoms with Crippen molar-refractivity contribution in [3.63, 3.8) is 0 Å². The minimum absolute atomic E-state index is 0.0867. The zero-order valence-corrected chi connectivity index (χ0v) is 16.1. The number of anilines is 1. The van der Waals surface area contributed by atoms with Crippen LogP contribution in [0.2, 0.25) is 0 Å². The van der Waals surface area contributed by atoms with Crippen LogP contribution in [0.15, 0.2) is 61.2 Å². The smallest absolute Gasteiger partial charge is 0.353 e. The first-order valence-electron chi connectivity index (χ1n) is 9.54. The number of carbonyl (C=O) groups is 1. The zero-order chi connectivity index (χ0) is 21.1. The maximum absolute atomic E-state index is 12.7. The van der Waals surface area contributed by atoms with Crippen LogP contribution in [-0.2, 0) is 17.4 Å². The standard InChI is InChI=1S/C21H20F3N5O/c22-21(23,24)17-5-3-16(4-6-17)13-20(30)29-11-9-28(10-12-29)19-14-18(25-15-26-19)27-7-1-2-8-27/h1-8,14-15H,9-13H2. The van der Waals surface area contributed by atoms with E-state index >= 15 is 0 Å². The Balaban J connectivity index is 1.34. The van der Waals surface area contributed by atoms with Crippen LogP contribution in [0, 0.1) is 0 Å². The topological polar surface area (TPSA) is 54.3 Å². The molecule has 1 fully saturated rings. The van der Waals surface area contributed by atoms with E-state index < -0.39 is 11.7 Å². The molecule has 1 aliphatic rings. The summed E-state index contributed by atoms with van der Waals surface area (Å²) in [6, 6.07) is 10.5. The van der Waals surface area contributed by atoms with Crippen LogP contribution in [-0.4, -0.2) is 51.5 Å². The van der Waals surface area contributed by atoms with E-state index in [1.54, 1.807) is 4.90 Å². The molecule has 0 bridgehead atoms. The van der Waals surface area contributed by atoms with E-state index in [-0.39, 0.29) is 12.3 Å². The van der Waals surface area contributed by atoms with Crippen LogP contribution < -0.4 is 4.90 Å². The lowest BCUT2D eigenvalue weighted by Gasteiger charge is -2.35. The number of hydrogen-bond donors (Lipinski definition) is 0. The van der Waals surface area contributed by atoms with Crippen molar-refractivity contribution in [3.05, 3.63) is 72.3 Å². The number of halogens is 3. The predicted molar refractivity (Wildman–Crippen MR) is 105 cm³/mol. The number of piperazine rings is 1. The summed E-state index contributed by atoms with van der Waals surface area (Å²) in [5, 5.41) is 0. The van der Waals surface area contributed by atoms with Gasteiger partial charge in [-0.15, -0.1) is 0 Å². The molecule has 0 atom stereocenters. The second-order valence-electron chi connectivity index (χ2n) is 7.06. The number of aromatic nitrogens is 3. The van der Waals surface area contributed by atoms with Gasteiger partial charge in [0.1, 0.15) is 18.0 Å². The molecule has 3 heterocycles. The second-order valence-corrected chi connectivity index (χ2v) is 7.06. The summed E-state index contributed by atoms with van der Waals surface area (Å²) in [5.74, 6) is 1.47. The lowest BCUT2D eigenvalue weighted by atomic mass is 10.1. The Morgan fingerprint density at radius 2 is 1.57 bits per heavy atom. The fourth-order valence-electron chi connectivity index (χ4n) is 3.42. The second kappa shape index (κ2) is 8.17. The number of nitrogens with zero attached hydrogens (tertiary/aromatic N) is 5. The molecule has 0 saturated carbocycles. The van der Waals surface area contributed by atoms with Gasteiger partial charge in [-0.05, 0) is 29.8 Å². The molecule has 0 unspecified atom stereocenters. The van der Waals surface area contributed by atoms with Crippen LogP contribution in [0.1, 0.15) is 11.1 Å². The van der Waals surface area contributed by atoms with Crippen molar-refractivity contribution in [3.8, 4) is 5.82 Å². The van der Waals surface area contributed by atoms with E-state index in [4.69, 9.17) is 0 Å². The van der Waals surface area contributed by atoms with Crippen molar-refractivity contribution in [2.24, 2.45) is 0 Å². The van der Waals surface area contributed by atoms with Gasteiger partial charge in [-0.2, -0.15) is 13.2 Å². The molecule has 2 aromatic heterocycles. The molecule has 1 aromatic carbocycles. The van der Waals surface area contributed by atoms with Gasteiger partial charge >= 0.3 is 6.18 Å². The van der Waals surface area contributed by atoms with Gasteiger partial charge in [-0.3, -0.25) is 4.79 Å². The highest BCUT2D eigenvalue weighted by Crippen LogP contribution is 2.29. The summed E-state index contributed by atoms with van der Waals surface area (Å²) in [4.78, 5) is 25.0. The van der Waals surface area contributed by atoms with Gasteiger partial charge in [0.2, 0.25) is 5.91 Å². The molecule has 0 spiro atoms. The largest absolute Gasteiger partial charge is 0.416 e. The van der Waals surface area contributed by atoms with Crippen molar-refractivity contribution in [1.82, 2.24) is 19.4 Å². The third-order valence-electron chi connectivity index (χ3n) is 5.10. The van der Waals surface area contributed by atoms with E-state index in [9.17, 15) is 18.0 Å². The third kappa shape index (κ3) is 4.45. The van der Waals surface area contributed by atoms with E-state index in [0.717, 1.165) is 23.8 Å². The van der Waals surface area contributed by atoms with Crippen LogP contribution in [0.3, 0.4) is 0 Å². The Hall–Kier alpha value is -3.36. The quantitative estimate of drug-likeness (QED) is 0.657. The molecule has 156 valence electrons. The first kappa shape index (κ1) is 19.9. The Labute approximate surface area is 171 Å². The number of amides is 1. The average molecular weight is 415 g/mol. The van der Waals surface area contributed by atoms with Crippen molar-refractivity contribution in [1.29, 1.82) is 0 Å². The molecule has 3 aromatic rings. The summed E-state index contributed by atoms with van der Waals surface area (Å²) in [7, 11) is 0. The molecular weight excluding hydrogens is 395 g/mol. The minimum Gasteiger partial charge on any atom is -0.353 e. The Kier molecular flexibility index (Phi) is 5.43. The van der Waals surface area contributed by atoms with Crippen LogP contribution >= 0.6 is 0 Å². The SMILES string of the molecule is O=C(Cc1ccc(C(F)(F)F)cc1)N1CCN(c2cc(-n3cccc3)ncn2)CC1. The zero-order valence-electron chi connectivity index (χ0n) is 16.1. The number of carbonyl (C=O) groups excluding carboxylic acids is 1. The van der Waals surface area contributed by atoms with Crippen LogP contribution in [0.25, 0.3) is 5.82 Å². The monoisotopic (exact) mass is 415 g/mol. The van der Waals surface area contributed by atoms with Crippen molar-refractivity contribution < 1.29 is 18.0 Å². The number of alkyl halides is 3. The average Bonchev–Trinajstić information content (AvgIpc) is 3.29. The number of hydrogen-bond acceptors (Lipinski definition) is 4. The summed E-state index contributed by atoms with van der Waals surface area (Å²) in [6.07, 6.45) is 1.05. The maximum atomic E-state index is 12.7. The molecule has 30 heavy (non-hydrogen) atoms. The predicted octanol–water partition coefficient (Wildman–Crippen LogP) is 3.18. The maximum Gasteiger partial charge on any atom is 0.416 e. The molecule has 6 nitrogen and oxygen atoms in total. The number of benzene rings is 1. The van der Waals surface area contributed by atoms with Gasteiger partial charge in [-0.1, -0.05) is 12.1 Å². The Morgan fingerprint density at radius 1 is 0.933 bits per heavy atom. The van der Waals surface area contributed by atoms with Gasteiger partial charge in [0.05, 0.1) is 12.0 Å². The van der Waals surface area contributed by atoms with E-state index in [0.29, 0.717) is 31.7 Å².